The van der Waals surface area contributed by atoms with Gasteiger partial charge in [-0.15, -0.1) is 0 Å². The lowest BCUT2D eigenvalue weighted by atomic mass is 9.97. The Labute approximate surface area is 259 Å². The SMILES string of the molecule is CC(=O)OC[C@H]1O[C@@H](O[C@H]2[C@H](OCCCCCCCCCCCCCCCC(=O)O)O[C@H](CO)[C@@H](O)[C@@H]2O)[C@H](O)[C@@H](O)[C@@H]1O. The number of carboxylic acid groups (broad SMARTS) is 1. The second-order valence-corrected chi connectivity index (χ2v) is 11.7. The molecule has 2 saturated heterocycles. The Morgan fingerprint density at radius 1 is 0.636 bits per heavy atom. The summed E-state index contributed by atoms with van der Waals surface area (Å²) in [4.78, 5) is 21.7. The summed E-state index contributed by atoms with van der Waals surface area (Å²) < 4.78 is 27.6. The van der Waals surface area contributed by atoms with Crippen molar-refractivity contribution in [2.24, 2.45) is 0 Å². The van der Waals surface area contributed by atoms with Crippen LogP contribution in [0.15, 0.2) is 0 Å². The van der Waals surface area contributed by atoms with E-state index in [0.29, 0.717) is 6.42 Å². The van der Waals surface area contributed by atoms with Gasteiger partial charge < -0.3 is 59.4 Å². The first-order chi connectivity index (χ1) is 21.1. The molecule has 2 aliphatic heterocycles. The van der Waals surface area contributed by atoms with Gasteiger partial charge in [0.05, 0.1) is 6.61 Å². The number of ether oxygens (including phenoxy) is 5. The predicted molar refractivity (Wildman–Crippen MR) is 154 cm³/mol. The number of hydrogen-bond acceptors (Lipinski definition) is 13. The van der Waals surface area contributed by atoms with Gasteiger partial charge in [0.1, 0.15) is 55.4 Å². The summed E-state index contributed by atoms with van der Waals surface area (Å²) in [6, 6.07) is 0. The highest BCUT2D eigenvalue weighted by molar-refractivity contribution is 5.66. The van der Waals surface area contributed by atoms with Gasteiger partial charge in [-0.1, -0.05) is 70.6 Å². The largest absolute Gasteiger partial charge is 0.481 e. The number of carbonyl (C=O) groups is 2. The number of esters is 1. The van der Waals surface area contributed by atoms with Gasteiger partial charge in [0.15, 0.2) is 12.6 Å². The van der Waals surface area contributed by atoms with E-state index in [4.69, 9.17) is 28.8 Å². The van der Waals surface area contributed by atoms with Gasteiger partial charge >= 0.3 is 11.9 Å². The van der Waals surface area contributed by atoms with Crippen LogP contribution in [0.4, 0.5) is 0 Å². The van der Waals surface area contributed by atoms with Gasteiger partial charge in [0.25, 0.3) is 0 Å². The van der Waals surface area contributed by atoms with Crippen molar-refractivity contribution < 1.29 is 69.0 Å². The van der Waals surface area contributed by atoms with Crippen LogP contribution in [0.3, 0.4) is 0 Å². The van der Waals surface area contributed by atoms with E-state index >= 15 is 0 Å². The van der Waals surface area contributed by atoms with E-state index in [9.17, 15) is 40.2 Å². The Hall–Kier alpha value is -1.46. The third-order valence-corrected chi connectivity index (χ3v) is 8.05. The molecule has 2 rings (SSSR count). The highest BCUT2D eigenvalue weighted by Gasteiger charge is 2.51. The number of carbonyl (C=O) groups excluding carboxylic acids is 1. The van der Waals surface area contributed by atoms with E-state index in [1.807, 2.05) is 0 Å². The van der Waals surface area contributed by atoms with E-state index in [0.717, 1.165) is 58.3 Å². The molecule has 7 N–H and O–H groups in total. The summed E-state index contributed by atoms with van der Waals surface area (Å²) in [6.07, 6.45) is -0.937. The van der Waals surface area contributed by atoms with Gasteiger partial charge in [0, 0.05) is 20.0 Å². The molecule has 0 aliphatic carbocycles. The van der Waals surface area contributed by atoms with Crippen LogP contribution in [0, 0.1) is 0 Å². The lowest BCUT2D eigenvalue weighted by molar-refractivity contribution is -0.367. The van der Waals surface area contributed by atoms with E-state index in [2.05, 4.69) is 0 Å². The zero-order valence-electron chi connectivity index (χ0n) is 25.8. The number of carboxylic acids is 1. The average molecular weight is 639 g/mol. The zero-order chi connectivity index (χ0) is 32.5. The Balaban J connectivity index is 1.71. The normalized spacial score (nSPS) is 32.4. The fourth-order valence-corrected chi connectivity index (χ4v) is 5.38. The van der Waals surface area contributed by atoms with Gasteiger partial charge in [0.2, 0.25) is 0 Å². The highest BCUT2D eigenvalue weighted by atomic mass is 16.8. The number of hydrogen-bond donors (Lipinski definition) is 7. The lowest BCUT2D eigenvalue weighted by Crippen LogP contribution is -2.64. The molecule has 0 amide bonds. The molecule has 0 aromatic rings. The van der Waals surface area contributed by atoms with Crippen molar-refractivity contribution >= 4 is 11.9 Å². The summed E-state index contributed by atoms with van der Waals surface area (Å²) >= 11 is 0. The molecular weight excluding hydrogens is 584 g/mol. The molecule has 0 saturated carbocycles. The molecule has 2 heterocycles. The molecule has 2 aliphatic rings. The molecule has 0 spiro atoms. The summed E-state index contributed by atoms with van der Waals surface area (Å²) in [5.41, 5.74) is 0. The van der Waals surface area contributed by atoms with E-state index < -0.39 is 86.6 Å². The van der Waals surface area contributed by atoms with Gasteiger partial charge in [-0.25, -0.2) is 0 Å². The van der Waals surface area contributed by atoms with Gasteiger partial charge in [-0.3, -0.25) is 9.59 Å². The van der Waals surface area contributed by atoms with Crippen LogP contribution in [0.25, 0.3) is 0 Å². The first-order valence-electron chi connectivity index (χ1n) is 16.0. The minimum Gasteiger partial charge on any atom is -0.481 e. The maximum atomic E-state index is 11.2. The van der Waals surface area contributed by atoms with Crippen LogP contribution in [0.5, 0.6) is 0 Å². The van der Waals surface area contributed by atoms with Crippen molar-refractivity contribution in [2.75, 3.05) is 19.8 Å². The molecule has 0 radical (unpaired) electrons. The van der Waals surface area contributed by atoms with E-state index in [1.165, 1.54) is 25.7 Å². The Morgan fingerprint density at radius 2 is 1.14 bits per heavy atom. The summed E-state index contributed by atoms with van der Waals surface area (Å²) in [7, 11) is 0. The first kappa shape index (κ1) is 38.7. The van der Waals surface area contributed by atoms with Crippen molar-refractivity contribution in [3.05, 3.63) is 0 Å². The third kappa shape index (κ3) is 13.5. The molecule has 2 fully saturated rings. The highest BCUT2D eigenvalue weighted by Crippen LogP contribution is 2.30. The molecule has 14 heteroatoms. The average Bonchev–Trinajstić information content (AvgIpc) is 2.99. The van der Waals surface area contributed by atoms with Crippen molar-refractivity contribution in [3.8, 4) is 0 Å². The minimum absolute atomic E-state index is 0.239. The fourth-order valence-electron chi connectivity index (χ4n) is 5.38. The number of aliphatic hydroxyl groups is 6. The van der Waals surface area contributed by atoms with Crippen LogP contribution in [-0.4, -0.2) is 129 Å². The summed E-state index contributed by atoms with van der Waals surface area (Å²) in [5.74, 6) is -1.37. The second kappa shape index (κ2) is 21.4. The van der Waals surface area contributed by atoms with Crippen molar-refractivity contribution in [2.45, 2.75) is 158 Å². The summed E-state index contributed by atoms with van der Waals surface area (Å²) in [6.45, 7) is 0.389. The monoisotopic (exact) mass is 638 g/mol. The molecule has 258 valence electrons. The minimum atomic E-state index is -1.74. The smallest absolute Gasteiger partial charge is 0.303 e. The van der Waals surface area contributed by atoms with Crippen molar-refractivity contribution in [1.82, 2.24) is 0 Å². The van der Waals surface area contributed by atoms with Crippen molar-refractivity contribution in [3.63, 3.8) is 0 Å². The first-order valence-corrected chi connectivity index (χ1v) is 16.0. The fraction of sp³-hybridized carbons (Fsp3) is 0.933. The molecule has 0 unspecified atom stereocenters. The quantitative estimate of drug-likeness (QED) is 0.0642. The van der Waals surface area contributed by atoms with Gasteiger partial charge in [-0.05, 0) is 12.8 Å². The van der Waals surface area contributed by atoms with E-state index in [1.54, 1.807) is 0 Å². The lowest BCUT2D eigenvalue weighted by Gasteiger charge is -2.46. The van der Waals surface area contributed by atoms with Crippen LogP contribution in [0.2, 0.25) is 0 Å². The predicted octanol–water partition coefficient (Wildman–Crippen LogP) is 0.744. The molecule has 14 nitrogen and oxygen atoms in total. The van der Waals surface area contributed by atoms with Gasteiger partial charge in [-0.2, -0.15) is 0 Å². The maximum absolute atomic E-state index is 11.2. The Morgan fingerprint density at radius 3 is 1.66 bits per heavy atom. The molecule has 44 heavy (non-hydrogen) atoms. The van der Waals surface area contributed by atoms with Crippen LogP contribution in [0.1, 0.15) is 96.8 Å². The molecule has 0 aromatic carbocycles. The number of rotatable bonds is 22. The Bertz CT molecular complexity index is 800. The molecular formula is C30H54O14. The standard InChI is InChI=1S/C30H54O14/c1-19(32)41-18-21-24(36)25(37)27(39)29(43-21)44-28-26(38)23(35)20(17-31)42-30(28)40-16-14-12-10-8-6-4-2-3-5-7-9-11-13-15-22(33)34/h20-21,23-31,35-39H,2-18H2,1H3,(H,33,34)/t20-,21-,23-,24-,25+,26+,27-,28-,29+,30-/m1/s1. The molecule has 0 bridgehead atoms. The van der Waals surface area contributed by atoms with E-state index in [-0.39, 0.29) is 13.0 Å². The molecule has 10 atom stereocenters. The topological polar surface area (TPSA) is 222 Å². The number of aliphatic hydroxyl groups excluding tert-OH is 6. The summed E-state index contributed by atoms with van der Waals surface area (Å²) in [5, 5.41) is 70.3. The number of aliphatic carboxylic acids is 1. The molecule has 0 aromatic heterocycles. The zero-order valence-corrected chi connectivity index (χ0v) is 25.8. The third-order valence-electron chi connectivity index (χ3n) is 8.05. The Kier molecular flexibility index (Phi) is 18.8. The maximum Gasteiger partial charge on any atom is 0.303 e. The van der Waals surface area contributed by atoms with Crippen LogP contribution >= 0.6 is 0 Å². The number of unbranched alkanes of at least 4 members (excludes halogenated alkanes) is 12. The van der Waals surface area contributed by atoms with Crippen molar-refractivity contribution in [1.29, 1.82) is 0 Å². The van der Waals surface area contributed by atoms with Crippen LogP contribution in [-0.2, 0) is 33.3 Å². The second-order valence-electron chi connectivity index (χ2n) is 11.7. The van der Waals surface area contributed by atoms with Crippen LogP contribution < -0.4 is 0 Å².